The predicted octanol–water partition coefficient (Wildman–Crippen LogP) is 2.10. The van der Waals surface area contributed by atoms with Crippen molar-refractivity contribution in [2.24, 2.45) is 0 Å². The molecule has 1 aromatic rings. The predicted molar refractivity (Wildman–Crippen MR) is 106 cm³/mol. The van der Waals surface area contributed by atoms with Gasteiger partial charge in [-0.15, -0.1) is 0 Å². The van der Waals surface area contributed by atoms with Crippen molar-refractivity contribution in [1.82, 2.24) is 14.7 Å². The second-order valence-electron chi connectivity index (χ2n) is 7.40. The van der Waals surface area contributed by atoms with Gasteiger partial charge in [0.25, 0.3) is 0 Å². The molecule has 2 heterocycles. The van der Waals surface area contributed by atoms with Gasteiger partial charge in [0.2, 0.25) is 18.6 Å². The van der Waals surface area contributed by atoms with E-state index in [4.69, 9.17) is 9.47 Å². The lowest BCUT2D eigenvalue weighted by Crippen LogP contribution is -2.49. The van der Waals surface area contributed by atoms with Crippen LogP contribution in [0, 0.1) is 0 Å². The molecule has 0 aromatic heterocycles. The lowest BCUT2D eigenvalue weighted by molar-refractivity contribution is -0.141. The first-order valence-corrected chi connectivity index (χ1v) is 10.3. The molecule has 0 aliphatic carbocycles. The third kappa shape index (κ3) is 5.16. The van der Waals surface area contributed by atoms with Gasteiger partial charge < -0.3 is 19.3 Å². The van der Waals surface area contributed by atoms with Crippen molar-refractivity contribution in [3.05, 3.63) is 23.8 Å². The van der Waals surface area contributed by atoms with Crippen molar-refractivity contribution in [1.29, 1.82) is 0 Å². The topological polar surface area (TPSA) is 62.3 Å². The fourth-order valence-electron chi connectivity index (χ4n) is 3.71. The van der Waals surface area contributed by atoms with Gasteiger partial charge in [-0.25, -0.2) is 0 Å². The molecule has 28 heavy (non-hydrogen) atoms. The Kier molecular flexibility index (Phi) is 7.14. The Bertz CT molecular complexity index is 680. The number of benzene rings is 1. The number of carbonyl (C=O) groups is 2. The van der Waals surface area contributed by atoms with Crippen LogP contribution in [0.3, 0.4) is 0 Å². The van der Waals surface area contributed by atoms with Crippen LogP contribution in [0.1, 0.15) is 38.7 Å². The summed E-state index contributed by atoms with van der Waals surface area (Å²) < 4.78 is 10.8. The first-order valence-electron chi connectivity index (χ1n) is 10.3. The Morgan fingerprint density at radius 1 is 1.00 bits per heavy atom. The summed E-state index contributed by atoms with van der Waals surface area (Å²) in [6, 6.07) is 6.02. The summed E-state index contributed by atoms with van der Waals surface area (Å²) in [7, 11) is 0. The molecule has 7 nitrogen and oxygen atoms in total. The van der Waals surface area contributed by atoms with Gasteiger partial charge in [-0.1, -0.05) is 19.9 Å². The van der Waals surface area contributed by atoms with Gasteiger partial charge in [-0.2, -0.15) is 0 Å². The van der Waals surface area contributed by atoms with Gasteiger partial charge in [-0.05, 0) is 30.5 Å². The molecule has 0 saturated carbocycles. The van der Waals surface area contributed by atoms with Crippen LogP contribution in [0.5, 0.6) is 11.5 Å². The minimum Gasteiger partial charge on any atom is -0.454 e. The van der Waals surface area contributed by atoms with Crippen LogP contribution in [-0.4, -0.2) is 72.6 Å². The molecule has 0 unspecified atom stereocenters. The largest absolute Gasteiger partial charge is 0.454 e. The summed E-state index contributed by atoms with van der Waals surface area (Å²) in [4.78, 5) is 30.9. The minimum absolute atomic E-state index is 0.0117. The van der Waals surface area contributed by atoms with Gasteiger partial charge in [0.1, 0.15) is 6.42 Å². The van der Waals surface area contributed by atoms with Crippen molar-refractivity contribution in [2.45, 2.75) is 39.7 Å². The van der Waals surface area contributed by atoms with Gasteiger partial charge in [0.05, 0.1) is 0 Å². The minimum atomic E-state index is -0.0510. The van der Waals surface area contributed by atoms with Crippen molar-refractivity contribution in [3.63, 3.8) is 0 Å². The van der Waals surface area contributed by atoms with E-state index in [0.717, 1.165) is 57.1 Å². The van der Waals surface area contributed by atoms with Crippen LogP contribution in [0.15, 0.2) is 18.2 Å². The number of hydrogen-bond acceptors (Lipinski definition) is 5. The molecule has 1 aromatic carbocycles. The smallest absolute Gasteiger partial charge is 0.232 e. The van der Waals surface area contributed by atoms with E-state index in [2.05, 4.69) is 24.8 Å². The highest BCUT2D eigenvalue weighted by molar-refractivity contribution is 5.96. The molecule has 2 amide bonds. The van der Waals surface area contributed by atoms with Crippen molar-refractivity contribution in [3.8, 4) is 11.5 Å². The molecule has 1 fully saturated rings. The molecule has 0 atom stereocenters. The molecule has 0 N–H and O–H groups in total. The summed E-state index contributed by atoms with van der Waals surface area (Å²) >= 11 is 0. The van der Waals surface area contributed by atoms with Crippen LogP contribution in [0.25, 0.3) is 0 Å². The first kappa shape index (κ1) is 20.5. The maximum absolute atomic E-state index is 12.5. The zero-order valence-corrected chi connectivity index (χ0v) is 17.0. The van der Waals surface area contributed by atoms with Crippen LogP contribution < -0.4 is 9.47 Å². The van der Waals surface area contributed by atoms with E-state index in [1.807, 2.05) is 21.9 Å². The molecule has 3 rings (SSSR count). The average molecular weight is 389 g/mol. The zero-order chi connectivity index (χ0) is 19.9. The van der Waals surface area contributed by atoms with Crippen molar-refractivity contribution in [2.75, 3.05) is 46.1 Å². The highest BCUT2D eigenvalue weighted by Crippen LogP contribution is 2.32. The number of hydrogen-bond donors (Lipinski definition) is 0. The Balaban J connectivity index is 1.45. The molecular formula is C21H31N3O4. The van der Waals surface area contributed by atoms with E-state index in [-0.39, 0.29) is 25.0 Å². The zero-order valence-electron chi connectivity index (χ0n) is 17.0. The maximum Gasteiger partial charge on any atom is 0.232 e. The fourth-order valence-corrected chi connectivity index (χ4v) is 3.71. The van der Waals surface area contributed by atoms with Crippen molar-refractivity contribution < 1.29 is 19.1 Å². The maximum atomic E-state index is 12.5. The second-order valence-corrected chi connectivity index (χ2v) is 7.40. The van der Waals surface area contributed by atoms with E-state index in [0.29, 0.717) is 13.1 Å². The molecule has 2 aliphatic rings. The van der Waals surface area contributed by atoms with Gasteiger partial charge in [-0.3, -0.25) is 14.5 Å². The summed E-state index contributed by atoms with van der Waals surface area (Å²) in [5.41, 5.74) is 1.17. The Hall–Kier alpha value is -2.28. The summed E-state index contributed by atoms with van der Waals surface area (Å²) in [6.45, 7) is 9.60. The number of ether oxygens (including phenoxy) is 2. The highest BCUT2D eigenvalue weighted by atomic mass is 16.7. The lowest BCUT2D eigenvalue weighted by atomic mass is 10.1. The normalized spacial score (nSPS) is 16.3. The number of amides is 2. The Morgan fingerprint density at radius 2 is 1.68 bits per heavy atom. The second kappa shape index (κ2) is 9.78. The molecule has 0 bridgehead atoms. The number of nitrogens with zero attached hydrogens (tertiary/aromatic N) is 3. The van der Waals surface area contributed by atoms with Crippen LogP contribution >= 0.6 is 0 Å². The molecule has 0 radical (unpaired) electrons. The third-order valence-corrected chi connectivity index (χ3v) is 5.21. The van der Waals surface area contributed by atoms with E-state index in [1.165, 1.54) is 5.56 Å². The van der Waals surface area contributed by atoms with Crippen LogP contribution in [-0.2, 0) is 16.1 Å². The van der Waals surface area contributed by atoms with E-state index < -0.39 is 0 Å². The number of rotatable bonds is 8. The monoisotopic (exact) mass is 389 g/mol. The van der Waals surface area contributed by atoms with Gasteiger partial charge in [0.15, 0.2) is 11.5 Å². The highest BCUT2D eigenvalue weighted by Gasteiger charge is 2.25. The average Bonchev–Trinajstić information content (AvgIpc) is 3.16. The van der Waals surface area contributed by atoms with Gasteiger partial charge >= 0.3 is 0 Å². The first-order chi connectivity index (χ1) is 13.6. The van der Waals surface area contributed by atoms with E-state index in [9.17, 15) is 9.59 Å². The van der Waals surface area contributed by atoms with E-state index in [1.54, 1.807) is 0 Å². The molecule has 1 saturated heterocycles. The fraction of sp³-hybridized carbons (Fsp3) is 0.619. The van der Waals surface area contributed by atoms with Crippen LogP contribution in [0.4, 0.5) is 0 Å². The summed E-state index contributed by atoms with van der Waals surface area (Å²) in [5.74, 6) is 1.50. The molecule has 154 valence electrons. The van der Waals surface area contributed by atoms with Crippen LogP contribution in [0.2, 0.25) is 0 Å². The van der Waals surface area contributed by atoms with Gasteiger partial charge in [0, 0.05) is 45.8 Å². The van der Waals surface area contributed by atoms with Crippen molar-refractivity contribution >= 4 is 11.8 Å². The molecular weight excluding hydrogens is 358 g/mol. The number of fused-ring (bicyclic) bond motifs is 1. The Morgan fingerprint density at radius 3 is 2.36 bits per heavy atom. The number of carbonyl (C=O) groups excluding carboxylic acids is 2. The molecule has 7 heteroatoms. The SMILES string of the molecule is CCCN(CCC)C(=O)CC(=O)N1CCN(Cc2ccc3c(c2)OCO3)CC1. The molecule has 0 spiro atoms. The Labute approximate surface area is 167 Å². The third-order valence-electron chi connectivity index (χ3n) is 5.21. The van der Waals surface area contributed by atoms with E-state index >= 15 is 0 Å². The summed E-state index contributed by atoms with van der Waals surface area (Å²) in [5, 5.41) is 0. The number of piperazine rings is 1. The summed E-state index contributed by atoms with van der Waals surface area (Å²) in [6.07, 6.45) is 1.82. The quantitative estimate of drug-likeness (QED) is 0.637. The molecule has 2 aliphatic heterocycles. The lowest BCUT2D eigenvalue weighted by Gasteiger charge is -2.35. The standard InChI is InChI=1S/C21H31N3O4/c1-3-7-23(8-4-2)20(25)14-21(26)24-11-9-22(10-12-24)15-17-5-6-18-19(13-17)28-16-27-18/h5-6,13H,3-4,7-12,14-16H2,1-2H3.